The second-order valence-corrected chi connectivity index (χ2v) is 16.3. The van der Waals surface area contributed by atoms with Crippen LogP contribution in [0, 0.1) is 20.8 Å². The molecule has 0 aliphatic heterocycles. The lowest BCUT2D eigenvalue weighted by atomic mass is 9.90. The molecule has 41 heavy (non-hydrogen) atoms. The molecule has 0 heterocycles. The van der Waals surface area contributed by atoms with E-state index in [4.69, 9.17) is 0 Å². The molecule has 0 unspecified atom stereocenters. The van der Waals surface area contributed by atoms with Crippen LogP contribution in [0.5, 0.6) is 0 Å². The maximum absolute atomic E-state index is 13.7. The van der Waals surface area contributed by atoms with Gasteiger partial charge in [0.05, 0.1) is 20.3 Å². The van der Waals surface area contributed by atoms with Gasteiger partial charge in [0.1, 0.15) is 0 Å². The quantitative estimate of drug-likeness (QED) is 0.308. The van der Waals surface area contributed by atoms with Gasteiger partial charge in [-0.1, -0.05) is 76.1 Å². The number of hydrogen-bond acceptors (Lipinski definition) is 7. The Labute approximate surface area is 244 Å². The first-order chi connectivity index (χ1) is 19.3. The first-order valence-electron chi connectivity index (χ1n) is 13.5. The Morgan fingerprint density at radius 1 is 0.610 bits per heavy atom. The summed E-state index contributed by atoms with van der Waals surface area (Å²) in [5.41, 5.74) is 1.55. The van der Waals surface area contributed by atoms with Gasteiger partial charge in [0.2, 0.25) is 10.0 Å². The summed E-state index contributed by atoms with van der Waals surface area (Å²) in [6.45, 7) is 4.95. The Balaban J connectivity index is 1.64. The van der Waals surface area contributed by atoms with Crippen LogP contribution in [-0.4, -0.2) is 47.7 Å². The van der Waals surface area contributed by atoms with Gasteiger partial charge in [-0.2, -0.15) is 4.72 Å². The van der Waals surface area contributed by atoms with Crippen LogP contribution in [0.25, 0.3) is 0 Å². The van der Waals surface area contributed by atoms with Crippen molar-refractivity contribution < 1.29 is 25.3 Å². The summed E-state index contributed by atoms with van der Waals surface area (Å²) in [7, 11) is -12.8. The van der Waals surface area contributed by atoms with Crippen molar-refractivity contribution >= 4 is 30.1 Å². The molecule has 0 aromatic heterocycles. The molecule has 1 fully saturated rings. The van der Waals surface area contributed by atoms with Crippen LogP contribution >= 0.6 is 0 Å². The molecule has 1 aliphatic rings. The van der Waals surface area contributed by atoms with Crippen molar-refractivity contribution in [3.05, 3.63) is 89.5 Å². The van der Waals surface area contributed by atoms with Crippen molar-refractivity contribution in [3.63, 3.8) is 0 Å². The summed E-state index contributed by atoms with van der Waals surface area (Å²) in [4.78, 5) is -0.169. The highest BCUT2D eigenvalue weighted by Crippen LogP contribution is 2.29. The number of benzene rings is 3. The highest BCUT2D eigenvalue weighted by Gasteiger charge is 2.39. The fraction of sp³-hybridized carbons (Fsp3) is 0.379. The number of sulfonamides is 3. The van der Waals surface area contributed by atoms with E-state index in [1.165, 1.54) is 36.4 Å². The van der Waals surface area contributed by atoms with Gasteiger partial charge in [-0.05, 0) is 70.0 Å². The first kappa shape index (κ1) is 31.3. The number of nitrogens with one attached hydrogen (secondary N) is 2. The predicted molar refractivity (Wildman–Crippen MR) is 159 cm³/mol. The second kappa shape index (κ2) is 12.3. The lowest BCUT2D eigenvalue weighted by Crippen LogP contribution is -2.61. The fourth-order valence-electron chi connectivity index (χ4n) is 4.92. The van der Waals surface area contributed by atoms with E-state index >= 15 is 0 Å². The van der Waals surface area contributed by atoms with Gasteiger partial charge in [-0.15, -0.1) is 0 Å². The van der Waals surface area contributed by atoms with Gasteiger partial charge in [-0.25, -0.2) is 25.3 Å². The van der Waals surface area contributed by atoms with E-state index in [-0.39, 0.29) is 21.2 Å². The van der Waals surface area contributed by atoms with Gasteiger partial charge in [-0.3, -0.25) is 5.32 Å². The molecular formula is C29H37N3O6S3. The Morgan fingerprint density at radius 3 is 1.41 bits per heavy atom. The Hall–Kier alpha value is -2.61. The summed E-state index contributed by atoms with van der Waals surface area (Å²) in [5, 5.41) is 3.21. The molecule has 2 N–H and O–H groups in total. The van der Waals surface area contributed by atoms with Gasteiger partial charge in [0.25, 0.3) is 20.0 Å². The average Bonchev–Trinajstić information content (AvgIpc) is 2.92. The average molecular weight is 620 g/mol. The minimum atomic E-state index is -4.47. The second-order valence-electron chi connectivity index (χ2n) is 10.6. The van der Waals surface area contributed by atoms with E-state index in [1.54, 1.807) is 36.4 Å². The summed E-state index contributed by atoms with van der Waals surface area (Å²) in [6.07, 6.45) is 3.42. The van der Waals surface area contributed by atoms with Crippen LogP contribution < -0.4 is 10.0 Å². The largest absolute Gasteiger partial charge is 0.297 e. The minimum Gasteiger partial charge on any atom is -0.297 e. The van der Waals surface area contributed by atoms with Crippen molar-refractivity contribution in [1.82, 2.24) is 13.7 Å². The van der Waals surface area contributed by atoms with Crippen LogP contribution in [0.3, 0.4) is 0 Å². The number of aryl methyl sites for hydroxylation is 3. The number of rotatable bonds is 11. The third-order valence-corrected chi connectivity index (χ3v) is 13.2. The van der Waals surface area contributed by atoms with Crippen molar-refractivity contribution in [2.24, 2.45) is 0 Å². The molecule has 0 radical (unpaired) electrons. The molecule has 4 rings (SSSR count). The van der Waals surface area contributed by atoms with Crippen LogP contribution in [0.2, 0.25) is 0 Å². The monoisotopic (exact) mass is 619 g/mol. The molecular weight excluding hydrogens is 583 g/mol. The number of hydrogen-bond donors (Lipinski definition) is 2. The topological polar surface area (TPSA) is 130 Å². The maximum atomic E-state index is 13.7. The Kier molecular flexibility index (Phi) is 9.42. The predicted octanol–water partition coefficient (Wildman–Crippen LogP) is 4.22. The summed E-state index contributed by atoms with van der Waals surface area (Å²) in [6, 6.07) is 18.5. The molecule has 0 bridgehead atoms. The van der Waals surface area contributed by atoms with Gasteiger partial charge >= 0.3 is 0 Å². The van der Waals surface area contributed by atoms with Gasteiger partial charge < -0.3 is 0 Å². The van der Waals surface area contributed by atoms with E-state index in [0.29, 0.717) is 16.6 Å². The van der Waals surface area contributed by atoms with E-state index in [0.717, 1.165) is 36.0 Å². The number of nitrogens with zero attached hydrogens (tertiary/aromatic N) is 1. The zero-order valence-electron chi connectivity index (χ0n) is 23.5. The van der Waals surface area contributed by atoms with Crippen molar-refractivity contribution in [3.8, 4) is 0 Å². The van der Waals surface area contributed by atoms with Crippen LogP contribution in [0.1, 0.15) is 48.8 Å². The van der Waals surface area contributed by atoms with E-state index < -0.39 is 42.3 Å². The van der Waals surface area contributed by atoms with Crippen LogP contribution in [-0.2, 0) is 30.1 Å². The van der Waals surface area contributed by atoms with Crippen molar-refractivity contribution in [1.29, 1.82) is 0 Å². The van der Waals surface area contributed by atoms with Crippen molar-refractivity contribution in [2.75, 3.05) is 13.1 Å². The van der Waals surface area contributed by atoms with E-state index in [1.807, 2.05) is 20.8 Å². The molecule has 222 valence electrons. The molecule has 3 aromatic rings. The van der Waals surface area contributed by atoms with Gasteiger partial charge in [0, 0.05) is 13.1 Å². The molecule has 0 amide bonds. The Morgan fingerprint density at radius 2 is 1.00 bits per heavy atom. The van der Waals surface area contributed by atoms with Crippen LogP contribution in [0.4, 0.5) is 0 Å². The molecule has 0 atom stereocenters. The molecule has 1 aliphatic carbocycles. The summed E-state index contributed by atoms with van der Waals surface area (Å²) in [5.74, 6) is 0. The lowest BCUT2D eigenvalue weighted by molar-refractivity contribution is 0.213. The summed E-state index contributed by atoms with van der Waals surface area (Å²) >= 11 is 0. The maximum Gasteiger partial charge on any atom is 0.256 e. The third kappa shape index (κ3) is 7.25. The van der Waals surface area contributed by atoms with Crippen LogP contribution in [0.15, 0.2) is 87.5 Å². The zero-order valence-corrected chi connectivity index (χ0v) is 25.9. The molecule has 12 heteroatoms. The first-order valence-corrected chi connectivity index (χ1v) is 17.9. The molecule has 0 spiro atoms. The molecule has 9 nitrogen and oxygen atoms in total. The highest BCUT2D eigenvalue weighted by molar-refractivity contribution is 8.04. The minimum absolute atomic E-state index is 0.105. The van der Waals surface area contributed by atoms with Gasteiger partial charge in [0.15, 0.2) is 0 Å². The third-order valence-electron chi connectivity index (χ3n) is 7.30. The zero-order chi connectivity index (χ0) is 29.9. The summed E-state index contributed by atoms with van der Waals surface area (Å²) < 4.78 is 84.9. The fourth-order valence-corrected chi connectivity index (χ4v) is 9.96. The smallest absolute Gasteiger partial charge is 0.256 e. The van der Waals surface area contributed by atoms with Crippen molar-refractivity contribution in [2.45, 2.75) is 73.2 Å². The SMILES string of the molecule is Cc1ccc(S(=O)(=O)NC2(NCCN(S(=O)(=O)c3ccc(C)cc3)S(=O)(=O)c3ccc(C)cc3)CCCCC2)cc1. The standard InChI is InChI=1S/C29H37N3O6S3/c1-23-7-13-26(14-8-23)39(33,34)31-29(19-5-4-6-20-29)30-21-22-32(40(35,36)27-15-9-24(2)10-16-27)41(37,38)28-17-11-25(3)12-18-28/h7-18,30-31H,4-6,19-22H2,1-3H3. The van der Waals surface area contributed by atoms with E-state index in [2.05, 4.69) is 10.0 Å². The Bertz CT molecular complexity index is 1590. The lowest BCUT2D eigenvalue weighted by Gasteiger charge is -2.39. The van der Waals surface area contributed by atoms with E-state index in [9.17, 15) is 25.3 Å². The normalized spacial score (nSPS) is 16.1. The molecule has 3 aromatic carbocycles. The highest BCUT2D eigenvalue weighted by atomic mass is 32.3. The molecule has 0 saturated heterocycles. The molecule has 1 saturated carbocycles.